The predicted octanol–water partition coefficient (Wildman–Crippen LogP) is 3.45. The molecule has 0 bridgehead atoms. The van der Waals surface area contributed by atoms with E-state index in [1.165, 1.54) is 18.2 Å². The van der Waals surface area contributed by atoms with E-state index < -0.39 is 0 Å². The zero-order valence-electron chi connectivity index (χ0n) is 15.7. The summed E-state index contributed by atoms with van der Waals surface area (Å²) in [7, 11) is 3.68. The highest BCUT2D eigenvalue weighted by Crippen LogP contribution is 2.37. The van der Waals surface area contributed by atoms with Crippen LogP contribution in [0.1, 0.15) is 20.7 Å². The first-order chi connectivity index (χ1) is 13.5. The van der Waals surface area contributed by atoms with Crippen LogP contribution in [0.3, 0.4) is 0 Å². The molecule has 3 aromatic rings. The molecule has 28 heavy (non-hydrogen) atoms. The van der Waals surface area contributed by atoms with Crippen LogP contribution in [0.2, 0.25) is 0 Å². The van der Waals surface area contributed by atoms with Gasteiger partial charge >= 0.3 is 0 Å². The van der Waals surface area contributed by atoms with Gasteiger partial charge in [0.1, 0.15) is 5.82 Å². The van der Waals surface area contributed by atoms with Crippen LogP contribution in [0.15, 0.2) is 54.7 Å². The first kappa shape index (κ1) is 18.0. The Morgan fingerprint density at radius 1 is 1.18 bits per heavy atom. The van der Waals surface area contributed by atoms with Crippen molar-refractivity contribution in [2.24, 2.45) is 0 Å². The normalized spacial score (nSPS) is 13.6. The number of ketones is 1. The monoisotopic (exact) mass is 377 g/mol. The third kappa shape index (κ3) is 2.97. The van der Waals surface area contributed by atoms with Gasteiger partial charge in [-0.2, -0.15) is 0 Å². The first-order valence-corrected chi connectivity index (χ1v) is 9.05. The molecule has 2 aromatic carbocycles. The van der Waals surface area contributed by atoms with E-state index in [1.807, 2.05) is 24.7 Å². The van der Waals surface area contributed by atoms with Gasteiger partial charge < -0.3 is 14.8 Å². The number of carbonyl (C=O) groups is 2. The molecule has 0 unspecified atom stereocenters. The minimum Gasteiger partial charge on any atom is -0.383 e. The Hall–Kier alpha value is -3.41. The quantitative estimate of drug-likeness (QED) is 0.560. The number of carbonyl (C=O) groups excluding carboxylic acids is 2. The van der Waals surface area contributed by atoms with Crippen molar-refractivity contribution in [1.29, 1.82) is 0 Å². The molecule has 0 aliphatic carbocycles. The van der Waals surface area contributed by atoms with Crippen LogP contribution < -0.4 is 5.32 Å². The standard InChI is InChI=1S/C22H20FN3O2/c1-25(2)12-10-18(27)19-16-4-3-5-17-21(16)26(13-11-24-22(17)28)20(19)14-6-8-15(23)9-7-14/h3-10,12H,11,13H2,1-2H3,(H,24,28). The maximum atomic E-state index is 13.5. The maximum Gasteiger partial charge on any atom is 0.253 e. The molecule has 0 atom stereocenters. The number of hydrogen-bond acceptors (Lipinski definition) is 3. The maximum absolute atomic E-state index is 13.5. The van der Waals surface area contributed by atoms with Crippen LogP contribution in [0, 0.1) is 5.82 Å². The Balaban J connectivity index is 2.07. The van der Waals surface area contributed by atoms with E-state index in [2.05, 4.69) is 5.32 Å². The second kappa shape index (κ2) is 6.96. The number of nitrogens with one attached hydrogen (secondary N) is 1. The molecule has 0 fully saturated rings. The van der Waals surface area contributed by atoms with E-state index in [-0.39, 0.29) is 17.5 Å². The summed E-state index contributed by atoms with van der Waals surface area (Å²) in [6, 6.07) is 11.5. The summed E-state index contributed by atoms with van der Waals surface area (Å²) in [4.78, 5) is 27.4. The fourth-order valence-corrected chi connectivity index (χ4v) is 3.65. The van der Waals surface area contributed by atoms with Gasteiger partial charge in [-0.05, 0) is 35.9 Å². The molecular formula is C22H20FN3O2. The summed E-state index contributed by atoms with van der Waals surface area (Å²) < 4.78 is 15.5. The number of rotatable bonds is 4. The Morgan fingerprint density at radius 3 is 2.64 bits per heavy atom. The second-order valence-electron chi connectivity index (χ2n) is 6.98. The molecule has 0 saturated heterocycles. The molecule has 0 saturated carbocycles. The number of amides is 1. The summed E-state index contributed by atoms with van der Waals surface area (Å²) in [6.45, 7) is 0.975. The van der Waals surface area contributed by atoms with Crippen LogP contribution in [0.4, 0.5) is 4.39 Å². The van der Waals surface area contributed by atoms with Crippen LogP contribution in [0.5, 0.6) is 0 Å². The van der Waals surface area contributed by atoms with Crippen molar-refractivity contribution in [1.82, 2.24) is 14.8 Å². The molecule has 6 heteroatoms. The van der Waals surface area contributed by atoms with Crippen LogP contribution >= 0.6 is 0 Å². The molecule has 1 aliphatic rings. The molecular weight excluding hydrogens is 357 g/mol. The lowest BCUT2D eigenvalue weighted by atomic mass is 10.00. The van der Waals surface area contributed by atoms with Crippen molar-refractivity contribution in [2.75, 3.05) is 20.6 Å². The molecule has 1 N–H and O–H groups in total. The van der Waals surface area contributed by atoms with Crippen molar-refractivity contribution < 1.29 is 14.0 Å². The van der Waals surface area contributed by atoms with Crippen LogP contribution in [-0.4, -0.2) is 41.8 Å². The third-order valence-corrected chi connectivity index (χ3v) is 4.84. The largest absolute Gasteiger partial charge is 0.383 e. The average molecular weight is 377 g/mol. The number of para-hydroxylation sites is 1. The predicted molar refractivity (Wildman–Crippen MR) is 107 cm³/mol. The van der Waals surface area contributed by atoms with Gasteiger partial charge in [0.15, 0.2) is 5.78 Å². The van der Waals surface area contributed by atoms with Gasteiger partial charge in [0.25, 0.3) is 5.91 Å². The highest BCUT2D eigenvalue weighted by Gasteiger charge is 2.27. The number of allylic oxidation sites excluding steroid dienone is 1. The van der Waals surface area contributed by atoms with E-state index in [1.54, 1.807) is 35.4 Å². The number of halogens is 1. The van der Waals surface area contributed by atoms with Gasteiger partial charge in [-0.1, -0.05) is 12.1 Å². The van der Waals surface area contributed by atoms with E-state index in [0.29, 0.717) is 29.9 Å². The molecule has 142 valence electrons. The summed E-state index contributed by atoms with van der Waals surface area (Å²) in [5.74, 6) is -0.654. The topological polar surface area (TPSA) is 54.3 Å². The van der Waals surface area contributed by atoms with E-state index in [4.69, 9.17) is 0 Å². The fourth-order valence-electron chi connectivity index (χ4n) is 3.65. The Labute approximate surface area is 162 Å². The lowest BCUT2D eigenvalue weighted by molar-refractivity contribution is 0.0955. The smallest absolute Gasteiger partial charge is 0.253 e. The Bertz CT molecular complexity index is 1110. The molecule has 1 aromatic heterocycles. The van der Waals surface area contributed by atoms with Gasteiger partial charge in [-0.15, -0.1) is 0 Å². The summed E-state index contributed by atoms with van der Waals surface area (Å²) in [5, 5.41) is 3.61. The van der Waals surface area contributed by atoms with Crippen molar-refractivity contribution >= 4 is 22.6 Å². The summed E-state index contributed by atoms with van der Waals surface area (Å²) >= 11 is 0. The molecule has 1 amide bonds. The fraction of sp³-hybridized carbons (Fsp3) is 0.182. The van der Waals surface area contributed by atoms with Crippen molar-refractivity contribution in [3.05, 3.63) is 71.7 Å². The first-order valence-electron chi connectivity index (χ1n) is 9.05. The molecule has 5 nitrogen and oxygen atoms in total. The lowest BCUT2D eigenvalue weighted by Gasteiger charge is -2.11. The molecule has 0 radical (unpaired) electrons. The second-order valence-corrected chi connectivity index (χ2v) is 6.98. The highest BCUT2D eigenvalue weighted by molar-refractivity contribution is 6.21. The average Bonchev–Trinajstić information content (AvgIpc) is 2.91. The molecule has 2 heterocycles. The minimum atomic E-state index is -0.339. The Kier molecular flexibility index (Phi) is 4.47. The van der Waals surface area contributed by atoms with Crippen LogP contribution in [0.25, 0.3) is 22.2 Å². The number of hydrogen-bond donors (Lipinski definition) is 1. The highest BCUT2D eigenvalue weighted by atomic mass is 19.1. The van der Waals surface area contributed by atoms with Gasteiger partial charge in [-0.25, -0.2) is 4.39 Å². The molecule has 4 rings (SSSR count). The van der Waals surface area contributed by atoms with Gasteiger partial charge in [-0.3, -0.25) is 9.59 Å². The molecule has 0 spiro atoms. The minimum absolute atomic E-state index is 0.157. The van der Waals surface area contributed by atoms with E-state index in [0.717, 1.165) is 16.5 Å². The SMILES string of the molecule is CN(C)C=CC(=O)c1c(-c2ccc(F)cc2)n2c3c(cccc13)C(=O)NCC2. The number of nitrogens with zero attached hydrogens (tertiary/aromatic N) is 2. The van der Waals surface area contributed by atoms with E-state index in [9.17, 15) is 14.0 Å². The van der Waals surface area contributed by atoms with Crippen molar-refractivity contribution in [2.45, 2.75) is 6.54 Å². The van der Waals surface area contributed by atoms with Crippen molar-refractivity contribution in [3.8, 4) is 11.3 Å². The van der Waals surface area contributed by atoms with Crippen molar-refractivity contribution in [3.63, 3.8) is 0 Å². The van der Waals surface area contributed by atoms with Gasteiger partial charge in [0.2, 0.25) is 0 Å². The zero-order chi connectivity index (χ0) is 19.8. The zero-order valence-corrected chi connectivity index (χ0v) is 15.7. The van der Waals surface area contributed by atoms with Gasteiger partial charge in [0, 0.05) is 44.8 Å². The number of aromatic nitrogens is 1. The van der Waals surface area contributed by atoms with E-state index >= 15 is 0 Å². The number of benzene rings is 2. The summed E-state index contributed by atoms with van der Waals surface area (Å²) in [5.41, 5.74) is 3.23. The lowest BCUT2D eigenvalue weighted by Crippen LogP contribution is -2.24. The third-order valence-electron chi connectivity index (χ3n) is 4.84. The summed E-state index contributed by atoms with van der Waals surface area (Å²) in [6.07, 6.45) is 3.22. The van der Waals surface area contributed by atoms with Crippen LogP contribution in [-0.2, 0) is 6.54 Å². The Morgan fingerprint density at radius 2 is 1.93 bits per heavy atom. The molecule has 1 aliphatic heterocycles. The van der Waals surface area contributed by atoms with Gasteiger partial charge in [0.05, 0.1) is 22.3 Å².